The number of hydrogen-bond acceptors (Lipinski definition) is 3. The lowest BCUT2D eigenvalue weighted by molar-refractivity contribution is -0.137. The van der Waals surface area contributed by atoms with Gasteiger partial charge in [-0.2, -0.15) is 0 Å². The van der Waals surface area contributed by atoms with E-state index >= 15 is 0 Å². The number of morpholine rings is 1. The minimum Gasteiger partial charge on any atom is -0.481 e. The Morgan fingerprint density at radius 2 is 1.93 bits per heavy atom. The Morgan fingerprint density at radius 1 is 1.43 bits per heavy atom. The van der Waals surface area contributed by atoms with Crippen molar-refractivity contribution in [3.05, 3.63) is 0 Å². The van der Waals surface area contributed by atoms with E-state index in [2.05, 4.69) is 19.2 Å². The first-order valence-corrected chi connectivity index (χ1v) is 5.14. The minimum atomic E-state index is -0.711. The van der Waals surface area contributed by atoms with E-state index in [9.17, 15) is 4.79 Å². The first-order chi connectivity index (χ1) is 6.56. The fourth-order valence-electron chi connectivity index (χ4n) is 1.20. The van der Waals surface area contributed by atoms with Crippen molar-refractivity contribution in [2.45, 2.75) is 45.8 Å². The molecule has 1 heterocycles. The molecule has 1 aliphatic rings. The molecule has 0 aromatic carbocycles. The zero-order valence-corrected chi connectivity index (χ0v) is 9.25. The third-order valence-electron chi connectivity index (χ3n) is 1.79. The van der Waals surface area contributed by atoms with Gasteiger partial charge in [0, 0.05) is 19.5 Å². The molecular formula is C10H21NO3. The third kappa shape index (κ3) is 8.01. The second-order valence-electron chi connectivity index (χ2n) is 3.56. The largest absolute Gasteiger partial charge is 0.481 e. The summed E-state index contributed by atoms with van der Waals surface area (Å²) in [5, 5.41) is 11.2. The average molecular weight is 203 g/mol. The number of carboxylic acid groups (broad SMARTS) is 1. The Labute approximate surface area is 85.6 Å². The van der Waals surface area contributed by atoms with Crippen molar-refractivity contribution >= 4 is 5.97 Å². The molecule has 14 heavy (non-hydrogen) atoms. The average Bonchev–Trinajstić information content (AvgIpc) is 2.03. The van der Waals surface area contributed by atoms with Crippen molar-refractivity contribution in [2.24, 2.45) is 0 Å². The molecule has 1 aliphatic heterocycles. The summed E-state index contributed by atoms with van der Waals surface area (Å²) in [6.45, 7) is 8.02. The standard InChI is InChI=1S/C6H13NO.C4H8O2/c1-5-3-7-4-6(2)8-5;1-2-3-4(5)6/h5-7H,3-4H2,1-2H3;2-3H2,1H3,(H,5,6)/t5-,6+;. The number of ether oxygens (including phenoxy) is 1. The molecule has 0 unspecified atom stereocenters. The maximum absolute atomic E-state index is 9.60. The summed E-state index contributed by atoms with van der Waals surface area (Å²) in [5.41, 5.74) is 0. The van der Waals surface area contributed by atoms with E-state index in [4.69, 9.17) is 9.84 Å². The number of hydrogen-bond donors (Lipinski definition) is 2. The van der Waals surface area contributed by atoms with Gasteiger partial charge in [-0.3, -0.25) is 4.79 Å². The van der Waals surface area contributed by atoms with E-state index in [0.29, 0.717) is 18.6 Å². The Kier molecular flexibility index (Phi) is 7.42. The lowest BCUT2D eigenvalue weighted by Crippen LogP contribution is -2.41. The quantitative estimate of drug-likeness (QED) is 0.709. The van der Waals surface area contributed by atoms with Crippen LogP contribution in [-0.2, 0) is 9.53 Å². The van der Waals surface area contributed by atoms with Gasteiger partial charge in [-0.15, -0.1) is 0 Å². The number of carbonyl (C=O) groups is 1. The molecule has 0 aromatic heterocycles. The van der Waals surface area contributed by atoms with Gasteiger partial charge in [0.2, 0.25) is 0 Å². The Morgan fingerprint density at radius 3 is 2.07 bits per heavy atom. The zero-order chi connectivity index (χ0) is 11.0. The minimum absolute atomic E-state index is 0.292. The fraction of sp³-hybridized carbons (Fsp3) is 0.900. The molecule has 2 atom stereocenters. The normalized spacial score (nSPS) is 26.2. The summed E-state index contributed by atoms with van der Waals surface area (Å²) < 4.78 is 5.42. The van der Waals surface area contributed by atoms with E-state index < -0.39 is 5.97 Å². The molecule has 0 radical (unpaired) electrons. The van der Waals surface area contributed by atoms with Gasteiger partial charge in [-0.25, -0.2) is 0 Å². The Bertz CT molecular complexity index is 153. The zero-order valence-electron chi connectivity index (χ0n) is 9.25. The molecule has 0 saturated carbocycles. The van der Waals surface area contributed by atoms with Gasteiger partial charge in [0.25, 0.3) is 0 Å². The summed E-state index contributed by atoms with van der Waals surface area (Å²) in [6, 6.07) is 0. The van der Waals surface area contributed by atoms with Crippen LogP contribution >= 0.6 is 0 Å². The van der Waals surface area contributed by atoms with Crippen LogP contribution in [0.4, 0.5) is 0 Å². The molecule has 1 rings (SSSR count). The summed E-state index contributed by atoms with van der Waals surface area (Å²) in [4.78, 5) is 9.60. The van der Waals surface area contributed by atoms with Crippen LogP contribution < -0.4 is 5.32 Å². The van der Waals surface area contributed by atoms with Crippen LogP contribution in [0.5, 0.6) is 0 Å². The van der Waals surface area contributed by atoms with Crippen LogP contribution in [0.1, 0.15) is 33.6 Å². The van der Waals surface area contributed by atoms with Crippen molar-refractivity contribution in [2.75, 3.05) is 13.1 Å². The molecule has 1 saturated heterocycles. The summed E-state index contributed by atoms with van der Waals surface area (Å²) in [7, 11) is 0. The summed E-state index contributed by atoms with van der Waals surface area (Å²) >= 11 is 0. The topological polar surface area (TPSA) is 58.6 Å². The smallest absolute Gasteiger partial charge is 0.303 e. The summed E-state index contributed by atoms with van der Waals surface area (Å²) in [6.07, 6.45) is 1.83. The van der Waals surface area contributed by atoms with Crippen LogP contribution in [0.25, 0.3) is 0 Å². The van der Waals surface area contributed by atoms with Crippen LogP contribution in [0.3, 0.4) is 0 Å². The van der Waals surface area contributed by atoms with E-state index in [1.165, 1.54) is 0 Å². The van der Waals surface area contributed by atoms with Gasteiger partial charge in [0.05, 0.1) is 12.2 Å². The number of carboxylic acids is 1. The summed E-state index contributed by atoms with van der Waals surface area (Å²) in [5.74, 6) is -0.711. The van der Waals surface area contributed by atoms with E-state index in [-0.39, 0.29) is 0 Å². The van der Waals surface area contributed by atoms with Crippen LogP contribution in [0.2, 0.25) is 0 Å². The fourth-order valence-corrected chi connectivity index (χ4v) is 1.20. The maximum atomic E-state index is 9.60. The molecule has 4 nitrogen and oxygen atoms in total. The number of rotatable bonds is 2. The first-order valence-electron chi connectivity index (χ1n) is 5.14. The van der Waals surface area contributed by atoms with Crippen molar-refractivity contribution in [1.29, 1.82) is 0 Å². The van der Waals surface area contributed by atoms with E-state index in [1.807, 2.05) is 6.92 Å². The third-order valence-corrected chi connectivity index (χ3v) is 1.79. The second-order valence-corrected chi connectivity index (χ2v) is 3.56. The lowest BCUT2D eigenvalue weighted by Gasteiger charge is -2.25. The van der Waals surface area contributed by atoms with Crippen molar-refractivity contribution in [1.82, 2.24) is 5.32 Å². The second kappa shape index (κ2) is 7.76. The molecule has 84 valence electrons. The molecule has 0 aromatic rings. The highest BCUT2D eigenvalue weighted by molar-refractivity contribution is 5.66. The Balaban J connectivity index is 0.000000255. The van der Waals surface area contributed by atoms with Gasteiger partial charge >= 0.3 is 5.97 Å². The monoisotopic (exact) mass is 203 g/mol. The van der Waals surface area contributed by atoms with Crippen molar-refractivity contribution < 1.29 is 14.6 Å². The molecule has 2 N–H and O–H groups in total. The van der Waals surface area contributed by atoms with Gasteiger partial charge in [-0.1, -0.05) is 6.92 Å². The van der Waals surface area contributed by atoms with E-state index in [1.54, 1.807) is 0 Å². The predicted octanol–water partition coefficient (Wildman–Crippen LogP) is 1.25. The van der Waals surface area contributed by atoms with Gasteiger partial charge < -0.3 is 15.2 Å². The predicted molar refractivity (Wildman–Crippen MR) is 55.4 cm³/mol. The highest BCUT2D eigenvalue weighted by Crippen LogP contribution is 2.00. The molecule has 0 aliphatic carbocycles. The number of aliphatic carboxylic acids is 1. The SMILES string of the molecule is CCCC(=O)O.C[C@@H]1CNC[C@H](C)O1. The highest BCUT2D eigenvalue weighted by Gasteiger charge is 2.12. The lowest BCUT2D eigenvalue weighted by atomic mass is 10.3. The van der Waals surface area contributed by atoms with Crippen LogP contribution in [0.15, 0.2) is 0 Å². The van der Waals surface area contributed by atoms with Crippen LogP contribution in [0, 0.1) is 0 Å². The van der Waals surface area contributed by atoms with Gasteiger partial charge in [0.1, 0.15) is 0 Å². The van der Waals surface area contributed by atoms with Crippen molar-refractivity contribution in [3.63, 3.8) is 0 Å². The molecule has 4 heteroatoms. The maximum Gasteiger partial charge on any atom is 0.303 e. The van der Waals surface area contributed by atoms with Crippen molar-refractivity contribution in [3.8, 4) is 0 Å². The highest BCUT2D eigenvalue weighted by atomic mass is 16.5. The molecule has 0 bridgehead atoms. The molecular weight excluding hydrogens is 182 g/mol. The molecule has 0 spiro atoms. The van der Waals surface area contributed by atoms with Gasteiger partial charge in [-0.05, 0) is 20.3 Å². The van der Waals surface area contributed by atoms with Gasteiger partial charge in [0.15, 0.2) is 0 Å². The Hall–Kier alpha value is -0.610. The number of nitrogens with one attached hydrogen (secondary N) is 1. The molecule has 1 fully saturated rings. The van der Waals surface area contributed by atoms with Crippen LogP contribution in [-0.4, -0.2) is 36.4 Å². The van der Waals surface area contributed by atoms with E-state index in [0.717, 1.165) is 19.5 Å². The molecule has 0 amide bonds. The first kappa shape index (κ1) is 13.4.